The maximum atomic E-state index is 12.0. The monoisotopic (exact) mass is 332 g/mol. The first-order valence-electron chi connectivity index (χ1n) is 7.64. The first kappa shape index (κ1) is 21.1. The van der Waals surface area contributed by atoms with Gasteiger partial charge < -0.3 is 13.9 Å². The van der Waals surface area contributed by atoms with E-state index in [0.29, 0.717) is 0 Å². The van der Waals surface area contributed by atoms with Crippen LogP contribution in [0.3, 0.4) is 0 Å². The topological polar surface area (TPSA) is 61.8 Å². The van der Waals surface area contributed by atoms with E-state index in [1.54, 1.807) is 0 Å². The molecule has 1 atom stereocenters. The van der Waals surface area contributed by atoms with Gasteiger partial charge in [0.1, 0.15) is 5.60 Å². The van der Waals surface area contributed by atoms with Gasteiger partial charge in [-0.15, -0.1) is 0 Å². The largest absolute Gasteiger partial charge is 0.469 e. The van der Waals surface area contributed by atoms with Crippen molar-refractivity contribution in [1.29, 1.82) is 0 Å². The van der Waals surface area contributed by atoms with Crippen molar-refractivity contribution in [3.63, 3.8) is 0 Å². The molecule has 0 aromatic heterocycles. The van der Waals surface area contributed by atoms with E-state index < -0.39 is 20.0 Å². The minimum absolute atomic E-state index is 0.00466. The fourth-order valence-corrected chi connectivity index (χ4v) is 2.94. The quantitative estimate of drug-likeness (QED) is 0.548. The molecule has 0 radical (unpaired) electrons. The van der Waals surface area contributed by atoms with Crippen LogP contribution in [-0.2, 0) is 23.5 Å². The summed E-state index contributed by atoms with van der Waals surface area (Å²) in [5.41, 5.74) is -0.552. The van der Waals surface area contributed by atoms with Crippen LogP contribution < -0.4 is 0 Å². The lowest BCUT2D eigenvalue weighted by atomic mass is 10.1. The molecule has 0 aliphatic heterocycles. The van der Waals surface area contributed by atoms with Gasteiger partial charge in [-0.25, -0.2) is 0 Å². The molecule has 5 nitrogen and oxygen atoms in total. The predicted molar refractivity (Wildman–Crippen MR) is 89.2 cm³/mol. The number of rotatable bonds is 6. The number of carbonyl (C=O) groups excluding carboxylic acids is 2. The average Bonchev–Trinajstić information content (AvgIpc) is 2.23. The Labute approximate surface area is 135 Å². The minimum Gasteiger partial charge on any atom is -0.469 e. The van der Waals surface area contributed by atoms with Gasteiger partial charge in [0.15, 0.2) is 8.32 Å². The summed E-state index contributed by atoms with van der Waals surface area (Å²) in [4.78, 5) is 23.6. The molecule has 0 bridgehead atoms. The molecule has 0 aromatic carbocycles. The van der Waals surface area contributed by atoms with Crippen molar-refractivity contribution in [3.05, 3.63) is 0 Å². The Balaban J connectivity index is 4.99. The van der Waals surface area contributed by atoms with Crippen LogP contribution in [0.2, 0.25) is 18.1 Å². The molecule has 130 valence electrons. The molecule has 6 heteroatoms. The molecule has 0 saturated heterocycles. The maximum absolute atomic E-state index is 12.0. The van der Waals surface area contributed by atoms with Crippen molar-refractivity contribution >= 4 is 20.3 Å². The fourth-order valence-electron chi connectivity index (χ4n) is 1.59. The van der Waals surface area contributed by atoms with E-state index >= 15 is 0 Å². The molecule has 0 aromatic rings. The summed E-state index contributed by atoms with van der Waals surface area (Å²) in [6.45, 7) is 16.0. The lowest BCUT2D eigenvalue weighted by Gasteiger charge is -2.39. The Bertz CT molecular complexity index is 390. The zero-order valence-electron chi connectivity index (χ0n) is 15.5. The van der Waals surface area contributed by atoms with Crippen LogP contribution in [0, 0.1) is 0 Å². The van der Waals surface area contributed by atoms with Crippen molar-refractivity contribution in [2.24, 2.45) is 0 Å². The highest BCUT2D eigenvalue weighted by molar-refractivity contribution is 6.74. The number of hydrogen-bond acceptors (Lipinski definition) is 5. The van der Waals surface area contributed by atoms with E-state index in [1.165, 1.54) is 7.11 Å². The Hall–Kier alpha value is -0.883. The summed E-state index contributed by atoms with van der Waals surface area (Å²) < 4.78 is 16.2. The van der Waals surface area contributed by atoms with Crippen LogP contribution in [0.25, 0.3) is 0 Å². The van der Waals surface area contributed by atoms with Gasteiger partial charge >= 0.3 is 11.9 Å². The van der Waals surface area contributed by atoms with Crippen LogP contribution in [0.4, 0.5) is 0 Å². The van der Waals surface area contributed by atoms with Crippen molar-refractivity contribution in [2.45, 2.75) is 84.2 Å². The van der Waals surface area contributed by atoms with Crippen LogP contribution in [0.5, 0.6) is 0 Å². The molecule has 0 saturated carbocycles. The summed E-state index contributed by atoms with van der Waals surface area (Å²) in [6, 6.07) is 0. The van der Waals surface area contributed by atoms with Crippen molar-refractivity contribution in [3.8, 4) is 0 Å². The minimum atomic E-state index is -2.09. The van der Waals surface area contributed by atoms with Crippen LogP contribution in [0.1, 0.15) is 54.4 Å². The van der Waals surface area contributed by atoms with Crippen molar-refractivity contribution in [1.82, 2.24) is 0 Å². The first-order valence-corrected chi connectivity index (χ1v) is 10.6. The highest BCUT2D eigenvalue weighted by atomic mass is 28.4. The van der Waals surface area contributed by atoms with Gasteiger partial charge in [-0.3, -0.25) is 9.59 Å². The van der Waals surface area contributed by atoms with Gasteiger partial charge in [0.25, 0.3) is 0 Å². The highest BCUT2D eigenvalue weighted by Crippen LogP contribution is 2.38. The summed E-state index contributed by atoms with van der Waals surface area (Å²) in [7, 11) is -0.756. The average molecular weight is 333 g/mol. The van der Waals surface area contributed by atoms with Gasteiger partial charge in [0.05, 0.1) is 26.1 Å². The molecule has 0 amide bonds. The molecule has 0 aliphatic rings. The molecular formula is C16H32O5Si. The molecule has 0 aliphatic carbocycles. The Morgan fingerprint density at radius 1 is 0.955 bits per heavy atom. The first-order chi connectivity index (χ1) is 9.68. The summed E-state index contributed by atoms with van der Waals surface area (Å²) in [5, 5.41) is -0.00466. The third-order valence-corrected chi connectivity index (χ3v) is 8.24. The number of hydrogen-bond donors (Lipinski definition) is 0. The zero-order valence-corrected chi connectivity index (χ0v) is 16.5. The van der Waals surface area contributed by atoms with Crippen LogP contribution in [-0.4, -0.2) is 39.1 Å². The van der Waals surface area contributed by atoms with E-state index in [9.17, 15) is 9.59 Å². The second-order valence-corrected chi connectivity index (χ2v) is 12.8. The van der Waals surface area contributed by atoms with Gasteiger partial charge in [-0.05, 0) is 38.9 Å². The van der Waals surface area contributed by atoms with Gasteiger partial charge in [-0.1, -0.05) is 20.8 Å². The normalized spacial score (nSPS) is 14.4. The number of ether oxygens (including phenoxy) is 2. The molecule has 0 heterocycles. The molecule has 0 unspecified atom stereocenters. The number of esters is 2. The van der Waals surface area contributed by atoms with E-state index in [4.69, 9.17) is 13.9 Å². The van der Waals surface area contributed by atoms with Crippen LogP contribution >= 0.6 is 0 Å². The molecule has 22 heavy (non-hydrogen) atoms. The SMILES string of the molecule is COC(=O)C[C@H](CC(=O)OC(C)(C)C)O[Si](C)(C)C(C)(C)C. The standard InChI is InChI=1S/C16H32O5Si/c1-15(2,3)20-14(18)11-12(10-13(17)19-7)21-22(8,9)16(4,5)6/h12H,10-11H2,1-9H3/t12-/m1/s1. The van der Waals surface area contributed by atoms with E-state index in [0.717, 1.165) is 0 Å². The highest BCUT2D eigenvalue weighted by Gasteiger charge is 2.40. The molecule has 0 N–H and O–H groups in total. The number of carbonyl (C=O) groups is 2. The molecule has 0 spiro atoms. The molecule has 0 rings (SSSR count). The van der Waals surface area contributed by atoms with Gasteiger partial charge in [0.2, 0.25) is 0 Å². The van der Waals surface area contributed by atoms with Crippen LogP contribution in [0.15, 0.2) is 0 Å². The van der Waals surface area contributed by atoms with E-state index in [2.05, 4.69) is 33.9 Å². The third-order valence-electron chi connectivity index (χ3n) is 3.70. The lowest BCUT2D eigenvalue weighted by Crippen LogP contribution is -2.45. The Morgan fingerprint density at radius 2 is 1.41 bits per heavy atom. The molecular weight excluding hydrogens is 300 g/mol. The Morgan fingerprint density at radius 3 is 1.77 bits per heavy atom. The molecule has 0 fully saturated rings. The second-order valence-electron chi connectivity index (χ2n) is 8.07. The summed E-state index contributed by atoms with van der Waals surface area (Å²) in [6.07, 6.45) is -0.399. The summed E-state index contributed by atoms with van der Waals surface area (Å²) in [5.74, 6) is -0.743. The summed E-state index contributed by atoms with van der Waals surface area (Å²) >= 11 is 0. The predicted octanol–water partition coefficient (Wildman–Crippen LogP) is 3.67. The smallest absolute Gasteiger partial charge is 0.308 e. The number of methoxy groups -OCH3 is 1. The van der Waals surface area contributed by atoms with E-state index in [1.807, 2.05) is 20.8 Å². The van der Waals surface area contributed by atoms with Gasteiger partial charge in [-0.2, -0.15) is 0 Å². The maximum Gasteiger partial charge on any atom is 0.308 e. The Kier molecular flexibility index (Phi) is 7.29. The second kappa shape index (κ2) is 7.59. The van der Waals surface area contributed by atoms with E-state index in [-0.39, 0.29) is 29.8 Å². The van der Waals surface area contributed by atoms with Gasteiger partial charge in [0, 0.05) is 0 Å². The van der Waals surface area contributed by atoms with Crippen molar-refractivity contribution in [2.75, 3.05) is 7.11 Å². The zero-order chi connectivity index (χ0) is 17.8. The lowest BCUT2D eigenvalue weighted by molar-refractivity contribution is -0.157. The third kappa shape index (κ3) is 7.94. The van der Waals surface area contributed by atoms with Crippen molar-refractivity contribution < 1.29 is 23.5 Å². The fraction of sp³-hybridized carbons (Fsp3) is 0.875.